The quantitative estimate of drug-likeness (QED) is 0.505. The summed E-state index contributed by atoms with van der Waals surface area (Å²) in [5, 5.41) is 8.36. The molecule has 0 rings (SSSR count). The van der Waals surface area contributed by atoms with Gasteiger partial charge in [-0.2, -0.15) is 0 Å². The van der Waals surface area contributed by atoms with E-state index in [1.807, 2.05) is 19.9 Å². The minimum Gasteiger partial charge on any atom is -0.481 e. The minimum absolute atomic E-state index is 0.0465. The summed E-state index contributed by atoms with van der Waals surface area (Å²) >= 11 is 0. The van der Waals surface area contributed by atoms with Crippen LogP contribution in [0, 0.1) is 5.92 Å². The number of hydrogen-bond donors (Lipinski definition) is 1. The van der Waals surface area contributed by atoms with E-state index >= 15 is 0 Å². The van der Waals surface area contributed by atoms with Crippen LogP contribution >= 0.6 is 0 Å². The minimum atomic E-state index is -0.757. The van der Waals surface area contributed by atoms with Gasteiger partial charge < -0.3 is 5.11 Å². The Bertz CT molecular complexity index is 217. The third-order valence-electron chi connectivity index (χ3n) is 1.86. The molecule has 0 aromatic rings. The molecular formula is C11H18O3. The van der Waals surface area contributed by atoms with Gasteiger partial charge in [-0.1, -0.05) is 19.9 Å². The highest BCUT2D eigenvalue weighted by Crippen LogP contribution is 2.02. The van der Waals surface area contributed by atoms with Crippen molar-refractivity contribution in [2.24, 2.45) is 5.92 Å². The number of aliphatic carboxylic acids is 1. The number of ketones is 1. The zero-order valence-electron chi connectivity index (χ0n) is 8.82. The van der Waals surface area contributed by atoms with E-state index in [2.05, 4.69) is 0 Å². The van der Waals surface area contributed by atoms with Crippen molar-refractivity contribution in [2.45, 2.75) is 39.5 Å². The summed E-state index contributed by atoms with van der Waals surface area (Å²) in [6, 6.07) is 0. The molecule has 3 heteroatoms. The summed E-state index contributed by atoms with van der Waals surface area (Å²) in [4.78, 5) is 21.3. The first-order valence-electron chi connectivity index (χ1n) is 4.96. The van der Waals surface area contributed by atoms with Crippen LogP contribution in [0.1, 0.15) is 39.5 Å². The topological polar surface area (TPSA) is 54.4 Å². The maximum absolute atomic E-state index is 11.1. The van der Waals surface area contributed by atoms with Gasteiger partial charge in [0.1, 0.15) is 0 Å². The monoisotopic (exact) mass is 198 g/mol. The van der Waals surface area contributed by atoms with E-state index in [4.69, 9.17) is 5.11 Å². The van der Waals surface area contributed by atoms with Crippen molar-refractivity contribution in [3.8, 4) is 0 Å². The molecular weight excluding hydrogens is 180 g/mol. The van der Waals surface area contributed by atoms with Gasteiger partial charge in [-0.3, -0.25) is 9.59 Å². The molecule has 0 spiro atoms. The average molecular weight is 198 g/mol. The van der Waals surface area contributed by atoms with Crippen molar-refractivity contribution in [1.82, 2.24) is 0 Å². The Morgan fingerprint density at radius 3 is 2.43 bits per heavy atom. The highest BCUT2D eigenvalue weighted by atomic mass is 16.4. The molecule has 0 saturated carbocycles. The van der Waals surface area contributed by atoms with Gasteiger partial charge in [0.25, 0.3) is 0 Å². The molecule has 0 aliphatic carbocycles. The van der Waals surface area contributed by atoms with Crippen LogP contribution in [0.4, 0.5) is 0 Å². The summed E-state index contributed by atoms with van der Waals surface area (Å²) in [5.41, 5.74) is 0. The summed E-state index contributed by atoms with van der Waals surface area (Å²) in [6.07, 6.45) is 5.91. The predicted octanol–water partition coefficient (Wildman–Crippen LogP) is 2.41. The lowest BCUT2D eigenvalue weighted by Crippen LogP contribution is -2.01. The molecule has 0 aliphatic rings. The van der Waals surface area contributed by atoms with Crippen molar-refractivity contribution in [1.29, 1.82) is 0 Å². The second kappa shape index (κ2) is 7.30. The van der Waals surface area contributed by atoms with Gasteiger partial charge in [0.2, 0.25) is 0 Å². The standard InChI is InChI=1S/C11H18O3/c1-9(2)10(12)7-5-3-4-6-8-11(13)14/h5,7,9H,3-4,6,8H2,1-2H3,(H,13,14)/b7-5+. The van der Waals surface area contributed by atoms with Crippen molar-refractivity contribution >= 4 is 11.8 Å². The summed E-state index contributed by atoms with van der Waals surface area (Å²) in [7, 11) is 0. The molecule has 0 unspecified atom stereocenters. The first kappa shape index (κ1) is 12.9. The molecule has 0 aliphatic heterocycles. The summed E-state index contributed by atoms with van der Waals surface area (Å²) in [5.74, 6) is -0.583. The van der Waals surface area contributed by atoms with Crippen molar-refractivity contribution in [3.05, 3.63) is 12.2 Å². The molecule has 0 atom stereocenters. The summed E-state index contributed by atoms with van der Waals surface area (Å²) in [6.45, 7) is 3.72. The lowest BCUT2D eigenvalue weighted by atomic mass is 10.1. The largest absolute Gasteiger partial charge is 0.481 e. The van der Waals surface area contributed by atoms with Crippen molar-refractivity contribution < 1.29 is 14.7 Å². The Morgan fingerprint density at radius 2 is 1.93 bits per heavy atom. The maximum atomic E-state index is 11.1. The van der Waals surface area contributed by atoms with E-state index in [0.29, 0.717) is 6.42 Å². The van der Waals surface area contributed by atoms with Crippen LogP contribution in [-0.4, -0.2) is 16.9 Å². The normalized spacial score (nSPS) is 11.1. The maximum Gasteiger partial charge on any atom is 0.303 e. The zero-order chi connectivity index (χ0) is 11.0. The first-order chi connectivity index (χ1) is 6.54. The van der Waals surface area contributed by atoms with Crippen LogP contribution in [0.5, 0.6) is 0 Å². The number of rotatable bonds is 7. The number of carboxylic acid groups (broad SMARTS) is 1. The third kappa shape index (κ3) is 7.53. The number of hydrogen-bond acceptors (Lipinski definition) is 2. The SMILES string of the molecule is CC(C)C(=O)/C=C/CCCCC(=O)O. The Kier molecular flexibility index (Phi) is 6.72. The second-order valence-electron chi connectivity index (χ2n) is 3.60. The molecule has 3 nitrogen and oxygen atoms in total. The van der Waals surface area contributed by atoms with E-state index < -0.39 is 5.97 Å². The van der Waals surface area contributed by atoms with E-state index in [1.165, 1.54) is 0 Å². The molecule has 0 aromatic carbocycles. The van der Waals surface area contributed by atoms with E-state index in [1.54, 1.807) is 6.08 Å². The molecule has 0 heterocycles. The van der Waals surface area contributed by atoms with Crippen LogP contribution in [0.3, 0.4) is 0 Å². The van der Waals surface area contributed by atoms with Crippen LogP contribution in [0.2, 0.25) is 0 Å². The first-order valence-corrected chi connectivity index (χ1v) is 4.96. The number of carbonyl (C=O) groups excluding carboxylic acids is 1. The van der Waals surface area contributed by atoms with Gasteiger partial charge in [-0.25, -0.2) is 0 Å². The van der Waals surface area contributed by atoms with E-state index in [-0.39, 0.29) is 18.1 Å². The molecule has 0 saturated heterocycles. The molecule has 1 N–H and O–H groups in total. The van der Waals surface area contributed by atoms with Gasteiger partial charge >= 0.3 is 5.97 Å². The van der Waals surface area contributed by atoms with Gasteiger partial charge in [0.05, 0.1) is 0 Å². The number of carbonyl (C=O) groups is 2. The van der Waals surface area contributed by atoms with Crippen molar-refractivity contribution in [2.75, 3.05) is 0 Å². The fraction of sp³-hybridized carbons (Fsp3) is 0.636. The second-order valence-corrected chi connectivity index (χ2v) is 3.60. The van der Waals surface area contributed by atoms with Gasteiger partial charge in [0.15, 0.2) is 5.78 Å². The molecule has 0 aromatic heterocycles. The van der Waals surface area contributed by atoms with Gasteiger partial charge in [-0.15, -0.1) is 0 Å². The van der Waals surface area contributed by atoms with Gasteiger partial charge in [0, 0.05) is 12.3 Å². The lowest BCUT2D eigenvalue weighted by molar-refractivity contribution is -0.137. The fourth-order valence-corrected chi connectivity index (χ4v) is 0.930. The molecule has 0 fully saturated rings. The molecule has 0 bridgehead atoms. The fourth-order valence-electron chi connectivity index (χ4n) is 0.930. The lowest BCUT2D eigenvalue weighted by Gasteiger charge is -1.96. The molecule has 0 amide bonds. The highest BCUT2D eigenvalue weighted by molar-refractivity contribution is 5.91. The Morgan fingerprint density at radius 1 is 1.29 bits per heavy atom. The third-order valence-corrected chi connectivity index (χ3v) is 1.86. The van der Waals surface area contributed by atoms with Crippen LogP contribution < -0.4 is 0 Å². The molecule has 14 heavy (non-hydrogen) atoms. The van der Waals surface area contributed by atoms with E-state index in [0.717, 1.165) is 12.8 Å². The smallest absolute Gasteiger partial charge is 0.303 e. The number of unbranched alkanes of at least 4 members (excludes halogenated alkanes) is 2. The average Bonchev–Trinajstić information content (AvgIpc) is 2.09. The molecule has 0 radical (unpaired) electrons. The van der Waals surface area contributed by atoms with Crippen LogP contribution in [0.25, 0.3) is 0 Å². The predicted molar refractivity (Wildman–Crippen MR) is 55.1 cm³/mol. The van der Waals surface area contributed by atoms with Gasteiger partial charge in [-0.05, 0) is 25.3 Å². The Balaban J connectivity index is 3.45. The van der Waals surface area contributed by atoms with E-state index in [9.17, 15) is 9.59 Å². The van der Waals surface area contributed by atoms with Crippen LogP contribution in [0.15, 0.2) is 12.2 Å². The number of carboxylic acids is 1. The highest BCUT2D eigenvalue weighted by Gasteiger charge is 2.00. The molecule has 80 valence electrons. The van der Waals surface area contributed by atoms with Crippen LogP contribution in [-0.2, 0) is 9.59 Å². The van der Waals surface area contributed by atoms with Crippen molar-refractivity contribution in [3.63, 3.8) is 0 Å². The zero-order valence-corrected chi connectivity index (χ0v) is 8.82. The number of allylic oxidation sites excluding steroid dienone is 2. The summed E-state index contributed by atoms with van der Waals surface area (Å²) < 4.78 is 0. The Hall–Kier alpha value is -1.12. The Labute approximate surface area is 84.8 Å².